The molecular formula is C11H11F3N4O. The number of alkyl halides is 3. The van der Waals surface area contributed by atoms with Crippen molar-refractivity contribution in [3.63, 3.8) is 0 Å². The molecule has 8 heteroatoms. The number of halogens is 3. The lowest BCUT2D eigenvalue weighted by atomic mass is 10.2. The number of nitrogens with zero attached hydrogens (tertiary/aromatic N) is 2. The second-order valence-electron chi connectivity index (χ2n) is 4.14. The Morgan fingerprint density at radius 3 is 2.74 bits per heavy atom. The summed E-state index contributed by atoms with van der Waals surface area (Å²) in [4.78, 5) is 18.9. The van der Waals surface area contributed by atoms with E-state index in [2.05, 4.69) is 9.97 Å². The highest BCUT2D eigenvalue weighted by molar-refractivity contribution is 5.81. The number of fused-ring (bicyclic) bond motifs is 1. The van der Waals surface area contributed by atoms with Gasteiger partial charge >= 0.3 is 6.18 Å². The third-order valence-electron chi connectivity index (χ3n) is 2.49. The lowest BCUT2D eigenvalue weighted by molar-refractivity contribution is -0.119. The van der Waals surface area contributed by atoms with Gasteiger partial charge in [0, 0.05) is 12.7 Å². The number of nitrogen functional groups attached to an aromatic ring is 1. The van der Waals surface area contributed by atoms with Gasteiger partial charge in [0.15, 0.2) is 0 Å². The van der Waals surface area contributed by atoms with E-state index in [9.17, 15) is 18.0 Å². The van der Waals surface area contributed by atoms with Gasteiger partial charge in [-0.1, -0.05) is 0 Å². The topological polar surface area (TPSA) is 75.0 Å². The summed E-state index contributed by atoms with van der Waals surface area (Å²) in [7, 11) is 1.20. The third-order valence-corrected chi connectivity index (χ3v) is 2.49. The van der Waals surface area contributed by atoms with Crippen LogP contribution in [-0.4, -0.2) is 29.7 Å². The summed E-state index contributed by atoms with van der Waals surface area (Å²) in [5, 5.41) is 0.240. The van der Waals surface area contributed by atoms with Crippen LogP contribution in [-0.2, 0) is 0 Å². The Morgan fingerprint density at radius 1 is 1.42 bits per heavy atom. The molecule has 1 heterocycles. The average Bonchev–Trinajstić information content (AvgIpc) is 2.27. The van der Waals surface area contributed by atoms with Crippen molar-refractivity contribution >= 4 is 22.5 Å². The summed E-state index contributed by atoms with van der Waals surface area (Å²) < 4.78 is 36.8. The molecule has 1 aromatic heterocycles. The molecule has 102 valence electrons. The molecule has 19 heavy (non-hydrogen) atoms. The van der Waals surface area contributed by atoms with Crippen LogP contribution in [0.1, 0.15) is 0 Å². The Labute approximate surface area is 105 Å². The first-order chi connectivity index (χ1) is 8.76. The molecular weight excluding hydrogens is 261 g/mol. The minimum absolute atomic E-state index is 0.139. The number of benzene rings is 1. The van der Waals surface area contributed by atoms with Gasteiger partial charge in [-0.2, -0.15) is 13.2 Å². The molecule has 2 aromatic rings. The highest BCUT2D eigenvalue weighted by Gasteiger charge is 2.30. The van der Waals surface area contributed by atoms with Crippen molar-refractivity contribution in [3.05, 3.63) is 28.6 Å². The summed E-state index contributed by atoms with van der Waals surface area (Å²) in [6.45, 7) is -1.20. The smallest absolute Gasteiger partial charge is 0.399 e. The molecule has 0 radical (unpaired) electrons. The standard InChI is InChI=1S/C11H11F3N4O/c1-18(5-11(12,13)14)10-16-8-3-2-6(15)4-7(8)9(19)17-10/h2-4H,5,15H2,1H3,(H,16,17,19). The maximum absolute atomic E-state index is 12.3. The van der Waals surface area contributed by atoms with E-state index >= 15 is 0 Å². The predicted octanol–water partition coefficient (Wildman–Crippen LogP) is 1.50. The number of hydrogen-bond acceptors (Lipinski definition) is 4. The molecule has 5 nitrogen and oxygen atoms in total. The molecule has 0 unspecified atom stereocenters. The molecule has 0 atom stereocenters. The Balaban J connectivity index is 2.46. The van der Waals surface area contributed by atoms with E-state index in [1.165, 1.54) is 25.2 Å². The highest BCUT2D eigenvalue weighted by Crippen LogP contribution is 2.19. The van der Waals surface area contributed by atoms with Gasteiger partial charge in [-0.05, 0) is 18.2 Å². The van der Waals surface area contributed by atoms with E-state index in [-0.39, 0.29) is 11.3 Å². The van der Waals surface area contributed by atoms with Gasteiger partial charge in [0.1, 0.15) is 6.54 Å². The first kappa shape index (κ1) is 13.2. The van der Waals surface area contributed by atoms with Crippen LogP contribution in [0.5, 0.6) is 0 Å². The zero-order valence-electron chi connectivity index (χ0n) is 9.95. The van der Waals surface area contributed by atoms with E-state index in [1.54, 1.807) is 0 Å². The van der Waals surface area contributed by atoms with Crippen LogP contribution in [0.15, 0.2) is 23.0 Å². The molecule has 0 saturated carbocycles. The number of anilines is 2. The number of nitrogens with two attached hydrogens (primary N) is 1. The van der Waals surface area contributed by atoms with Gasteiger partial charge in [-0.25, -0.2) is 4.98 Å². The van der Waals surface area contributed by atoms with Crippen LogP contribution >= 0.6 is 0 Å². The zero-order chi connectivity index (χ0) is 14.2. The lowest BCUT2D eigenvalue weighted by Crippen LogP contribution is -2.33. The molecule has 0 saturated heterocycles. The number of rotatable bonds is 2. The van der Waals surface area contributed by atoms with Crippen LogP contribution < -0.4 is 16.2 Å². The highest BCUT2D eigenvalue weighted by atomic mass is 19.4. The largest absolute Gasteiger partial charge is 0.406 e. The van der Waals surface area contributed by atoms with Crippen LogP contribution in [0.2, 0.25) is 0 Å². The molecule has 0 aliphatic heterocycles. The maximum Gasteiger partial charge on any atom is 0.406 e. The lowest BCUT2D eigenvalue weighted by Gasteiger charge is -2.19. The molecule has 0 spiro atoms. The molecule has 0 aliphatic rings. The fourth-order valence-corrected chi connectivity index (χ4v) is 1.67. The van der Waals surface area contributed by atoms with Gasteiger partial charge < -0.3 is 10.6 Å². The van der Waals surface area contributed by atoms with Gasteiger partial charge in [0.05, 0.1) is 10.9 Å². The Kier molecular flexibility index (Phi) is 3.09. The SMILES string of the molecule is CN(CC(F)(F)F)c1nc2ccc(N)cc2c(=O)[nH]1. The van der Waals surface area contributed by atoms with Crippen LogP contribution in [0.3, 0.4) is 0 Å². The monoisotopic (exact) mass is 272 g/mol. The van der Waals surface area contributed by atoms with Crippen molar-refractivity contribution in [2.45, 2.75) is 6.18 Å². The Bertz CT molecular complexity index is 665. The van der Waals surface area contributed by atoms with E-state index in [4.69, 9.17) is 5.73 Å². The number of H-pyrrole nitrogens is 1. The maximum atomic E-state index is 12.3. The van der Waals surface area contributed by atoms with Crippen molar-refractivity contribution in [1.29, 1.82) is 0 Å². The van der Waals surface area contributed by atoms with E-state index in [0.717, 1.165) is 4.90 Å². The van der Waals surface area contributed by atoms with Crippen LogP contribution in [0, 0.1) is 0 Å². The minimum atomic E-state index is -4.37. The van der Waals surface area contributed by atoms with E-state index in [1.807, 2.05) is 0 Å². The first-order valence-electron chi connectivity index (χ1n) is 5.34. The number of hydrogen-bond donors (Lipinski definition) is 2. The van der Waals surface area contributed by atoms with Gasteiger partial charge in [-0.3, -0.25) is 9.78 Å². The average molecular weight is 272 g/mol. The second-order valence-corrected chi connectivity index (χ2v) is 4.14. The molecule has 0 bridgehead atoms. The molecule has 3 N–H and O–H groups in total. The second kappa shape index (κ2) is 4.45. The summed E-state index contributed by atoms with van der Waals surface area (Å²) in [6, 6.07) is 4.45. The first-order valence-corrected chi connectivity index (χ1v) is 5.34. The molecule has 0 amide bonds. The molecule has 0 aliphatic carbocycles. The van der Waals surface area contributed by atoms with Crippen LogP contribution in [0.25, 0.3) is 10.9 Å². The van der Waals surface area contributed by atoms with E-state index in [0.29, 0.717) is 11.2 Å². The fraction of sp³-hybridized carbons (Fsp3) is 0.273. The third kappa shape index (κ3) is 2.95. The number of nitrogens with one attached hydrogen (secondary N) is 1. The zero-order valence-corrected chi connectivity index (χ0v) is 9.95. The summed E-state index contributed by atoms with van der Waals surface area (Å²) in [5.41, 5.74) is 5.69. The van der Waals surface area contributed by atoms with E-state index < -0.39 is 18.3 Å². The number of aromatic nitrogens is 2. The number of aromatic amines is 1. The normalized spacial score (nSPS) is 11.8. The van der Waals surface area contributed by atoms with Gasteiger partial charge in [0.2, 0.25) is 5.95 Å². The van der Waals surface area contributed by atoms with Crippen molar-refractivity contribution in [2.24, 2.45) is 0 Å². The summed E-state index contributed by atoms with van der Waals surface area (Å²) >= 11 is 0. The van der Waals surface area contributed by atoms with Crippen molar-refractivity contribution < 1.29 is 13.2 Å². The van der Waals surface area contributed by atoms with Gasteiger partial charge in [0.25, 0.3) is 5.56 Å². The van der Waals surface area contributed by atoms with Crippen molar-refractivity contribution in [2.75, 3.05) is 24.2 Å². The van der Waals surface area contributed by atoms with Gasteiger partial charge in [-0.15, -0.1) is 0 Å². The quantitative estimate of drug-likeness (QED) is 0.812. The Hall–Kier alpha value is -2.25. The summed E-state index contributed by atoms with van der Waals surface area (Å²) in [6.07, 6.45) is -4.37. The molecule has 0 fully saturated rings. The Morgan fingerprint density at radius 2 is 2.11 bits per heavy atom. The minimum Gasteiger partial charge on any atom is -0.399 e. The molecule has 1 aromatic carbocycles. The fourth-order valence-electron chi connectivity index (χ4n) is 1.67. The summed E-state index contributed by atoms with van der Waals surface area (Å²) in [5.74, 6) is -0.139. The van der Waals surface area contributed by atoms with Crippen molar-refractivity contribution in [1.82, 2.24) is 9.97 Å². The van der Waals surface area contributed by atoms with Crippen LogP contribution in [0.4, 0.5) is 24.8 Å². The van der Waals surface area contributed by atoms with Crippen molar-refractivity contribution in [3.8, 4) is 0 Å². The predicted molar refractivity (Wildman–Crippen MR) is 66.1 cm³/mol. The molecule has 2 rings (SSSR count).